The van der Waals surface area contributed by atoms with Crippen LogP contribution in [-0.4, -0.2) is 11.0 Å². The largest absolute Gasteiger partial charge is 0.508 e. The van der Waals surface area contributed by atoms with Gasteiger partial charge in [-0.2, -0.15) is 5.26 Å². The first-order valence-corrected chi connectivity index (χ1v) is 6.31. The van der Waals surface area contributed by atoms with Gasteiger partial charge < -0.3 is 15.7 Å². The molecular formula is C16H12FN3O2. The molecule has 3 N–H and O–H groups in total. The number of amides is 1. The fourth-order valence-corrected chi connectivity index (χ4v) is 1.63. The molecule has 110 valence electrons. The van der Waals surface area contributed by atoms with Crippen LogP contribution < -0.4 is 10.6 Å². The van der Waals surface area contributed by atoms with Crippen molar-refractivity contribution in [3.63, 3.8) is 0 Å². The summed E-state index contributed by atoms with van der Waals surface area (Å²) in [6.45, 7) is 0. The van der Waals surface area contributed by atoms with E-state index in [1.165, 1.54) is 42.6 Å². The third-order valence-corrected chi connectivity index (χ3v) is 2.70. The third-order valence-electron chi connectivity index (χ3n) is 2.70. The second-order valence-electron chi connectivity index (χ2n) is 4.33. The highest BCUT2D eigenvalue weighted by molar-refractivity contribution is 6.06. The summed E-state index contributed by atoms with van der Waals surface area (Å²) in [6.07, 6.45) is 1.23. The van der Waals surface area contributed by atoms with Crippen LogP contribution >= 0.6 is 0 Å². The Balaban J connectivity index is 2.07. The van der Waals surface area contributed by atoms with Gasteiger partial charge in [-0.05, 0) is 36.4 Å². The average Bonchev–Trinajstić information content (AvgIpc) is 2.50. The number of hydrogen-bond acceptors (Lipinski definition) is 4. The first-order chi connectivity index (χ1) is 10.6. The van der Waals surface area contributed by atoms with Crippen LogP contribution in [0.3, 0.4) is 0 Å². The maximum atomic E-state index is 12.8. The fourth-order valence-electron chi connectivity index (χ4n) is 1.63. The molecule has 1 amide bonds. The van der Waals surface area contributed by atoms with Crippen LogP contribution in [0.2, 0.25) is 0 Å². The van der Waals surface area contributed by atoms with E-state index in [-0.39, 0.29) is 11.3 Å². The monoisotopic (exact) mass is 297 g/mol. The Labute approximate surface area is 126 Å². The minimum absolute atomic E-state index is 0.0627. The minimum atomic E-state index is -0.623. The molecule has 0 spiro atoms. The molecule has 0 unspecified atom stereocenters. The van der Waals surface area contributed by atoms with Crippen LogP contribution in [-0.2, 0) is 4.79 Å². The molecule has 0 aliphatic heterocycles. The number of phenolic OH excluding ortho intramolecular Hbond substituents is 1. The third kappa shape index (κ3) is 4.08. The molecule has 2 aromatic rings. The smallest absolute Gasteiger partial charge is 0.267 e. The van der Waals surface area contributed by atoms with Crippen LogP contribution in [0, 0.1) is 17.1 Å². The number of carbonyl (C=O) groups excluding carboxylic acids is 1. The van der Waals surface area contributed by atoms with Gasteiger partial charge in [-0.3, -0.25) is 4.79 Å². The Morgan fingerprint density at radius 1 is 1.18 bits per heavy atom. The normalized spacial score (nSPS) is 10.6. The highest BCUT2D eigenvalue weighted by Crippen LogP contribution is 2.16. The van der Waals surface area contributed by atoms with Crippen molar-refractivity contribution in [3.05, 3.63) is 66.1 Å². The number of nitriles is 1. The van der Waals surface area contributed by atoms with Crippen molar-refractivity contribution >= 4 is 17.3 Å². The lowest BCUT2D eigenvalue weighted by Crippen LogP contribution is -2.14. The molecule has 0 aliphatic carbocycles. The number of nitrogens with one attached hydrogen (secondary N) is 2. The number of carbonyl (C=O) groups is 1. The van der Waals surface area contributed by atoms with E-state index in [0.29, 0.717) is 11.4 Å². The lowest BCUT2D eigenvalue weighted by atomic mass is 10.2. The predicted octanol–water partition coefficient (Wildman–Crippen LogP) is 2.99. The van der Waals surface area contributed by atoms with Gasteiger partial charge in [0, 0.05) is 23.6 Å². The highest BCUT2D eigenvalue weighted by Gasteiger charge is 2.09. The summed E-state index contributed by atoms with van der Waals surface area (Å²) in [5.74, 6) is -0.978. The molecule has 0 aromatic heterocycles. The molecule has 0 fully saturated rings. The molecule has 0 saturated carbocycles. The summed E-state index contributed by atoms with van der Waals surface area (Å²) in [5.41, 5.74) is 0.750. The van der Waals surface area contributed by atoms with Gasteiger partial charge >= 0.3 is 0 Å². The highest BCUT2D eigenvalue weighted by atomic mass is 19.1. The van der Waals surface area contributed by atoms with Crippen LogP contribution in [0.5, 0.6) is 5.75 Å². The van der Waals surface area contributed by atoms with Gasteiger partial charge in [-0.1, -0.05) is 6.07 Å². The van der Waals surface area contributed by atoms with E-state index >= 15 is 0 Å². The molecule has 0 atom stereocenters. The van der Waals surface area contributed by atoms with Crippen LogP contribution in [0.4, 0.5) is 15.8 Å². The van der Waals surface area contributed by atoms with Crippen molar-refractivity contribution in [2.45, 2.75) is 0 Å². The summed E-state index contributed by atoms with van der Waals surface area (Å²) in [7, 11) is 0. The average molecular weight is 297 g/mol. The first-order valence-electron chi connectivity index (χ1n) is 6.31. The Bertz CT molecular complexity index is 749. The SMILES string of the molecule is N#C/C(=C/Nc1cccc(O)c1)C(=O)Nc1ccc(F)cc1. The van der Waals surface area contributed by atoms with Gasteiger partial charge in [-0.15, -0.1) is 0 Å². The van der Waals surface area contributed by atoms with E-state index in [2.05, 4.69) is 10.6 Å². The second-order valence-corrected chi connectivity index (χ2v) is 4.33. The van der Waals surface area contributed by atoms with E-state index in [1.807, 2.05) is 0 Å². The molecule has 2 aromatic carbocycles. The van der Waals surface area contributed by atoms with Crippen molar-refractivity contribution in [1.82, 2.24) is 0 Å². The number of nitrogens with zero attached hydrogens (tertiary/aromatic N) is 1. The Kier molecular flexibility index (Phi) is 4.73. The zero-order chi connectivity index (χ0) is 15.9. The van der Waals surface area contributed by atoms with Crippen molar-refractivity contribution in [2.24, 2.45) is 0 Å². The molecule has 5 nitrogen and oxygen atoms in total. The van der Waals surface area contributed by atoms with Gasteiger partial charge in [0.05, 0.1) is 0 Å². The van der Waals surface area contributed by atoms with E-state index in [4.69, 9.17) is 5.26 Å². The lowest BCUT2D eigenvalue weighted by molar-refractivity contribution is -0.112. The van der Waals surface area contributed by atoms with E-state index in [9.17, 15) is 14.3 Å². The fraction of sp³-hybridized carbons (Fsp3) is 0. The van der Waals surface area contributed by atoms with Crippen molar-refractivity contribution in [3.8, 4) is 11.8 Å². The number of hydrogen-bond donors (Lipinski definition) is 3. The maximum absolute atomic E-state index is 12.8. The van der Waals surface area contributed by atoms with E-state index in [0.717, 1.165) is 0 Å². The number of anilines is 2. The molecule has 22 heavy (non-hydrogen) atoms. The summed E-state index contributed by atoms with van der Waals surface area (Å²) in [6, 6.07) is 13.2. The van der Waals surface area contributed by atoms with E-state index < -0.39 is 11.7 Å². The summed E-state index contributed by atoms with van der Waals surface area (Å²) >= 11 is 0. The molecule has 0 bridgehead atoms. The second kappa shape index (κ2) is 6.90. The van der Waals surface area contributed by atoms with Crippen molar-refractivity contribution < 1.29 is 14.3 Å². The van der Waals surface area contributed by atoms with Crippen LogP contribution in [0.25, 0.3) is 0 Å². The number of phenols is 1. The lowest BCUT2D eigenvalue weighted by Gasteiger charge is -2.05. The summed E-state index contributed by atoms with van der Waals surface area (Å²) in [5, 5.41) is 23.6. The molecule has 0 aliphatic rings. The van der Waals surface area contributed by atoms with Gasteiger partial charge in [0.25, 0.3) is 5.91 Å². The number of aromatic hydroxyl groups is 1. The van der Waals surface area contributed by atoms with Crippen LogP contribution in [0.15, 0.2) is 60.3 Å². The molecule has 0 saturated heterocycles. The number of halogens is 1. The van der Waals surface area contributed by atoms with E-state index in [1.54, 1.807) is 18.2 Å². The zero-order valence-electron chi connectivity index (χ0n) is 11.4. The predicted molar refractivity (Wildman–Crippen MR) is 80.5 cm³/mol. The quantitative estimate of drug-likeness (QED) is 0.598. The van der Waals surface area contributed by atoms with Gasteiger partial charge in [-0.25, -0.2) is 4.39 Å². The van der Waals surface area contributed by atoms with Gasteiger partial charge in [0.15, 0.2) is 0 Å². The molecule has 6 heteroatoms. The first kappa shape index (κ1) is 15.1. The maximum Gasteiger partial charge on any atom is 0.267 e. The minimum Gasteiger partial charge on any atom is -0.508 e. The van der Waals surface area contributed by atoms with Gasteiger partial charge in [0.2, 0.25) is 0 Å². The van der Waals surface area contributed by atoms with Crippen molar-refractivity contribution in [2.75, 3.05) is 10.6 Å². The van der Waals surface area contributed by atoms with Crippen molar-refractivity contribution in [1.29, 1.82) is 5.26 Å². The van der Waals surface area contributed by atoms with Gasteiger partial charge in [0.1, 0.15) is 23.2 Å². The zero-order valence-corrected chi connectivity index (χ0v) is 11.4. The summed E-state index contributed by atoms with van der Waals surface area (Å²) in [4.78, 5) is 11.9. The Morgan fingerprint density at radius 3 is 2.55 bits per heavy atom. The summed E-state index contributed by atoms with van der Waals surface area (Å²) < 4.78 is 12.8. The standard InChI is InChI=1S/C16H12FN3O2/c17-12-4-6-13(7-5-12)20-16(22)11(9-18)10-19-14-2-1-3-15(21)8-14/h1-8,10,19,21H,(H,20,22)/b11-10-. The van der Waals surface area contributed by atoms with Crippen LogP contribution in [0.1, 0.15) is 0 Å². The topological polar surface area (TPSA) is 85.2 Å². The number of rotatable bonds is 4. The Hall–Kier alpha value is -3.33. The molecule has 2 rings (SSSR count). The number of benzene rings is 2. The molecule has 0 radical (unpaired) electrons. The molecule has 0 heterocycles. The molecular weight excluding hydrogens is 285 g/mol. The Morgan fingerprint density at radius 2 is 1.91 bits per heavy atom.